The topological polar surface area (TPSA) is 26.3 Å². The molecule has 0 radical (unpaired) electrons. The normalized spacial score (nSPS) is 11.3. The van der Waals surface area contributed by atoms with Gasteiger partial charge in [-0.1, -0.05) is 0 Å². The lowest BCUT2D eigenvalue weighted by atomic mass is 10.1. The number of halogens is 5. The van der Waals surface area contributed by atoms with Crippen LogP contribution in [0.2, 0.25) is 0 Å². The molecule has 0 saturated carbocycles. The fourth-order valence-corrected chi connectivity index (χ4v) is 1.87. The number of rotatable bonds is 3. The van der Waals surface area contributed by atoms with Gasteiger partial charge in [0, 0.05) is 11.6 Å². The summed E-state index contributed by atoms with van der Waals surface area (Å²) in [6, 6.07) is 6.71. The molecule has 2 aromatic carbocycles. The Morgan fingerprint density at radius 1 is 1.05 bits per heavy atom. The average Bonchev–Trinajstić information content (AvgIpc) is 2.42. The van der Waals surface area contributed by atoms with E-state index in [0.29, 0.717) is 6.07 Å². The van der Waals surface area contributed by atoms with Crippen molar-refractivity contribution in [3.8, 4) is 11.5 Å². The van der Waals surface area contributed by atoms with E-state index in [0.717, 1.165) is 12.1 Å². The second kappa shape index (κ2) is 5.85. The van der Waals surface area contributed by atoms with Crippen molar-refractivity contribution >= 4 is 22.2 Å². The van der Waals surface area contributed by atoms with E-state index in [2.05, 4.69) is 15.9 Å². The van der Waals surface area contributed by atoms with Crippen LogP contribution in [0.1, 0.15) is 15.9 Å². The molecule has 7 heteroatoms. The summed E-state index contributed by atoms with van der Waals surface area (Å²) in [5.74, 6) is -0.703. The molecule has 0 aliphatic rings. The highest BCUT2D eigenvalue weighted by Crippen LogP contribution is 2.35. The van der Waals surface area contributed by atoms with Crippen LogP contribution < -0.4 is 4.74 Å². The van der Waals surface area contributed by atoms with E-state index >= 15 is 0 Å². The second-order valence-electron chi connectivity index (χ2n) is 4.04. The molecule has 0 saturated heterocycles. The zero-order chi connectivity index (χ0) is 15.6. The molecule has 0 spiro atoms. The Labute approximate surface area is 125 Å². The van der Waals surface area contributed by atoms with Gasteiger partial charge < -0.3 is 4.74 Å². The molecular weight excluding hydrogens is 356 g/mol. The number of alkyl halides is 3. The highest BCUT2D eigenvalue weighted by atomic mass is 79.9. The predicted molar refractivity (Wildman–Crippen MR) is 71.0 cm³/mol. The van der Waals surface area contributed by atoms with Gasteiger partial charge in [-0.15, -0.1) is 0 Å². The first kappa shape index (κ1) is 15.5. The van der Waals surface area contributed by atoms with Gasteiger partial charge >= 0.3 is 6.18 Å². The lowest BCUT2D eigenvalue weighted by molar-refractivity contribution is -0.137. The van der Waals surface area contributed by atoms with Crippen molar-refractivity contribution in [1.82, 2.24) is 0 Å². The monoisotopic (exact) mass is 362 g/mol. The summed E-state index contributed by atoms with van der Waals surface area (Å²) >= 11 is 2.95. The van der Waals surface area contributed by atoms with Crippen molar-refractivity contribution in [2.24, 2.45) is 0 Å². The third kappa shape index (κ3) is 3.60. The average molecular weight is 363 g/mol. The molecule has 110 valence electrons. The molecule has 0 fully saturated rings. The van der Waals surface area contributed by atoms with Gasteiger partial charge in [0.1, 0.15) is 17.3 Å². The minimum Gasteiger partial charge on any atom is -0.457 e. The molecule has 0 amide bonds. The van der Waals surface area contributed by atoms with Crippen molar-refractivity contribution in [2.75, 3.05) is 0 Å². The molecule has 0 N–H and O–H groups in total. The van der Waals surface area contributed by atoms with Crippen LogP contribution in [-0.2, 0) is 6.18 Å². The van der Waals surface area contributed by atoms with Gasteiger partial charge in [-0.25, -0.2) is 4.39 Å². The van der Waals surface area contributed by atoms with Crippen LogP contribution in [0.15, 0.2) is 40.9 Å². The maximum Gasteiger partial charge on any atom is 0.417 e. The van der Waals surface area contributed by atoms with Crippen molar-refractivity contribution in [3.63, 3.8) is 0 Å². The Morgan fingerprint density at radius 2 is 1.67 bits per heavy atom. The Hall–Kier alpha value is -1.89. The maximum absolute atomic E-state index is 13.3. The van der Waals surface area contributed by atoms with E-state index in [9.17, 15) is 22.4 Å². The molecule has 0 aliphatic carbocycles. The first-order chi connectivity index (χ1) is 9.81. The van der Waals surface area contributed by atoms with E-state index in [-0.39, 0.29) is 22.3 Å². The Kier molecular flexibility index (Phi) is 4.32. The largest absolute Gasteiger partial charge is 0.457 e. The molecule has 0 unspecified atom stereocenters. The van der Waals surface area contributed by atoms with Crippen molar-refractivity contribution in [2.45, 2.75) is 6.18 Å². The molecule has 21 heavy (non-hydrogen) atoms. The first-order valence-electron chi connectivity index (χ1n) is 5.60. The molecular formula is C14H7BrF4O2. The highest BCUT2D eigenvalue weighted by Gasteiger charge is 2.33. The van der Waals surface area contributed by atoms with E-state index in [1.165, 1.54) is 18.2 Å². The SMILES string of the molecule is O=Cc1ccc(Oc2ccc(Br)c(F)c2)cc1C(F)(F)F. The minimum absolute atomic E-state index is 0.0441. The number of benzene rings is 2. The molecule has 2 rings (SSSR count). The van der Waals surface area contributed by atoms with Crippen molar-refractivity contribution in [3.05, 3.63) is 57.8 Å². The van der Waals surface area contributed by atoms with Crippen LogP contribution in [0, 0.1) is 5.82 Å². The summed E-state index contributed by atoms with van der Waals surface area (Å²) in [6.07, 6.45) is -4.56. The van der Waals surface area contributed by atoms with Crippen LogP contribution >= 0.6 is 15.9 Å². The number of hydrogen-bond acceptors (Lipinski definition) is 2. The molecule has 2 aromatic rings. The van der Waals surface area contributed by atoms with Crippen molar-refractivity contribution < 1.29 is 27.1 Å². The van der Waals surface area contributed by atoms with Crippen LogP contribution in [0.3, 0.4) is 0 Å². The third-order valence-electron chi connectivity index (χ3n) is 2.58. The predicted octanol–water partition coefficient (Wildman–Crippen LogP) is 5.21. The van der Waals surface area contributed by atoms with Gasteiger partial charge in [-0.05, 0) is 46.3 Å². The maximum atomic E-state index is 13.3. The number of carbonyl (C=O) groups is 1. The summed E-state index contributed by atoms with van der Waals surface area (Å²) in [7, 11) is 0. The number of hydrogen-bond donors (Lipinski definition) is 0. The fraction of sp³-hybridized carbons (Fsp3) is 0.0714. The standard InChI is InChI=1S/C14H7BrF4O2/c15-12-4-3-10(6-13(12)16)21-9-2-1-8(7-20)11(5-9)14(17,18)19/h1-7H. The lowest BCUT2D eigenvalue weighted by Crippen LogP contribution is -2.09. The summed E-state index contributed by atoms with van der Waals surface area (Å²) in [4.78, 5) is 10.6. The van der Waals surface area contributed by atoms with Gasteiger partial charge in [0.15, 0.2) is 6.29 Å². The summed E-state index contributed by atoms with van der Waals surface area (Å²) in [6.45, 7) is 0. The zero-order valence-electron chi connectivity index (χ0n) is 10.2. The smallest absolute Gasteiger partial charge is 0.417 e. The number of aldehydes is 1. The Morgan fingerprint density at radius 3 is 2.24 bits per heavy atom. The van der Waals surface area contributed by atoms with E-state index < -0.39 is 23.1 Å². The van der Waals surface area contributed by atoms with Gasteiger partial charge in [0.25, 0.3) is 0 Å². The number of carbonyl (C=O) groups excluding carboxylic acids is 1. The third-order valence-corrected chi connectivity index (χ3v) is 3.23. The molecule has 0 aliphatic heterocycles. The molecule has 0 heterocycles. The Bertz CT molecular complexity index is 683. The Balaban J connectivity index is 2.36. The quantitative estimate of drug-likeness (QED) is 0.553. The summed E-state index contributed by atoms with van der Waals surface area (Å²) in [5, 5.41) is 0. The summed E-state index contributed by atoms with van der Waals surface area (Å²) < 4.78 is 57.1. The second-order valence-corrected chi connectivity index (χ2v) is 4.90. The fourth-order valence-electron chi connectivity index (χ4n) is 1.62. The van der Waals surface area contributed by atoms with Crippen molar-refractivity contribution in [1.29, 1.82) is 0 Å². The van der Waals surface area contributed by atoms with E-state index in [1.54, 1.807) is 0 Å². The molecule has 2 nitrogen and oxygen atoms in total. The lowest BCUT2D eigenvalue weighted by Gasteiger charge is -2.12. The van der Waals surface area contributed by atoms with E-state index in [1.807, 2.05) is 0 Å². The van der Waals surface area contributed by atoms with Crippen LogP contribution in [0.5, 0.6) is 11.5 Å². The summed E-state index contributed by atoms with van der Waals surface area (Å²) in [5.41, 5.74) is -1.59. The van der Waals surface area contributed by atoms with Crippen LogP contribution in [0.25, 0.3) is 0 Å². The highest BCUT2D eigenvalue weighted by molar-refractivity contribution is 9.10. The van der Waals surface area contributed by atoms with Crippen LogP contribution in [-0.4, -0.2) is 6.29 Å². The number of ether oxygens (including phenoxy) is 1. The molecule has 0 aromatic heterocycles. The minimum atomic E-state index is -4.68. The molecule has 0 bridgehead atoms. The van der Waals surface area contributed by atoms with Gasteiger partial charge in [-0.2, -0.15) is 13.2 Å². The van der Waals surface area contributed by atoms with Gasteiger partial charge in [-0.3, -0.25) is 4.79 Å². The van der Waals surface area contributed by atoms with Crippen LogP contribution in [0.4, 0.5) is 17.6 Å². The van der Waals surface area contributed by atoms with Gasteiger partial charge in [0.05, 0.1) is 10.0 Å². The first-order valence-corrected chi connectivity index (χ1v) is 6.40. The molecule has 0 atom stereocenters. The zero-order valence-corrected chi connectivity index (χ0v) is 11.8. The van der Waals surface area contributed by atoms with E-state index in [4.69, 9.17) is 4.74 Å². The van der Waals surface area contributed by atoms with Gasteiger partial charge in [0.2, 0.25) is 0 Å².